The molecular formula is C17H20N2O3S. The Morgan fingerprint density at radius 2 is 1.74 bits per heavy atom. The highest BCUT2D eigenvalue weighted by Gasteiger charge is 2.26. The van der Waals surface area contributed by atoms with Crippen LogP contribution in [0.4, 0.5) is 0 Å². The summed E-state index contributed by atoms with van der Waals surface area (Å²) in [6.07, 6.45) is 2.31. The van der Waals surface area contributed by atoms with Crippen LogP contribution in [0.5, 0.6) is 11.5 Å². The maximum Gasteiger partial charge on any atom is 0.240 e. The molecule has 23 heavy (non-hydrogen) atoms. The number of benzene rings is 2. The van der Waals surface area contributed by atoms with E-state index in [-0.39, 0.29) is 17.0 Å². The summed E-state index contributed by atoms with van der Waals surface area (Å²) in [6, 6.07) is 15.7. The molecule has 0 heterocycles. The summed E-state index contributed by atoms with van der Waals surface area (Å²) in [6.45, 7) is 0. The number of hydrogen-bond acceptors (Lipinski definition) is 4. The van der Waals surface area contributed by atoms with E-state index in [2.05, 4.69) is 4.72 Å². The average Bonchev–Trinajstić information content (AvgIpc) is 2.93. The zero-order chi connectivity index (χ0) is 16.3. The number of ether oxygens (including phenoxy) is 1. The molecule has 3 rings (SSSR count). The molecule has 1 saturated carbocycles. The fraction of sp³-hybridized carbons (Fsp3) is 0.294. The van der Waals surface area contributed by atoms with Crippen LogP contribution < -0.4 is 15.2 Å². The minimum absolute atomic E-state index is 0.0791. The third-order valence-corrected chi connectivity index (χ3v) is 5.41. The van der Waals surface area contributed by atoms with Crippen molar-refractivity contribution in [3.05, 3.63) is 54.6 Å². The number of nitrogens with one attached hydrogen (secondary N) is 1. The van der Waals surface area contributed by atoms with E-state index in [0.717, 1.165) is 12.8 Å². The van der Waals surface area contributed by atoms with Crippen LogP contribution in [0.2, 0.25) is 0 Å². The van der Waals surface area contributed by atoms with E-state index < -0.39 is 10.0 Å². The van der Waals surface area contributed by atoms with Gasteiger partial charge in [-0.1, -0.05) is 24.3 Å². The minimum Gasteiger partial charge on any atom is -0.457 e. The van der Waals surface area contributed by atoms with Crippen LogP contribution in [0.25, 0.3) is 0 Å². The van der Waals surface area contributed by atoms with Crippen molar-refractivity contribution in [1.82, 2.24) is 4.72 Å². The maximum atomic E-state index is 12.5. The third kappa shape index (κ3) is 4.10. The molecule has 6 heteroatoms. The van der Waals surface area contributed by atoms with E-state index in [9.17, 15) is 8.42 Å². The predicted octanol–water partition coefficient (Wildman–Crippen LogP) is 2.64. The zero-order valence-corrected chi connectivity index (χ0v) is 13.5. The van der Waals surface area contributed by atoms with Crippen LogP contribution in [0.15, 0.2) is 59.5 Å². The van der Waals surface area contributed by atoms with Crippen LogP contribution >= 0.6 is 0 Å². The quantitative estimate of drug-likeness (QED) is 0.882. The Morgan fingerprint density at radius 3 is 2.43 bits per heavy atom. The molecule has 1 aliphatic rings. The third-order valence-electron chi connectivity index (χ3n) is 3.89. The van der Waals surface area contributed by atoms with Crippen LogP contribution in [0.1, 0.15) is 19.3 Å². The Hall–Kier alpha value is -1.89. The number of sulfonamides is 1. The summed E-state index contributed by atoms with van der Waals surface area (Å²) in [5.41, 5.74) is 5.84. The predicted molar refractivity (Wildman–Crippen MR) is 88.9 cm³/mol. The van der Waals surface area contributed by atoms with Gasteiger partial charge in [0.25, 0.3) is 0 Å². The molecule has 0 spiro atoms. The van der Waals surface area contributed by atoms with Crippen LogP contribution in [0.3, 0.4) is 0 Å². The Kier molecular flexibility index (Phi) is 4.66. The monoisotopic (exact) mass is 332 g/mol. The lowest BCUT2D eigenvalue weighted by Gasteiger charge is -2.14. The molecule has 2 atom stereocenters. The Morgan fingerprint density at radius 1 is 1.00 bits per heavy atom. The second-order valence-electron chi connectivity index (χ2n) is 5.78. The lowest BCUT2D eigenvalue weighted by Crippen LogP contribution is -2.34. The van der Waals surface area contributed by atoms with Gasteiger partial charge in [0, 0.05) is 18.2 Å². The van der Waals surface area contributed by atoms with E-state index >= 15 is 0 Å². The summed E-state index contributed by atoms with van der Waals surface area (Å²) in [5.74, 6) is 1.15. The SMILES string of the molecule is N[C@H]1CC[C@H](NS(=O)(=O)c2cccc(Oc3ccccc3)c2)C1. The molecule has 5 nitrogen and oxygen atoms in total. The van der Waals surface area contributed by atoms with Crippen molar-refractivity contribution in [2.24, 2.45) is 5.73 Å². The zero-order valence-electron chi connectivity index (χ0n) is 12.7. The molecule has 0 bridgehead atoms. The first-order valence-corrected chi connectivity index (χ1v) is 9.12. The smallest absolute Gasteiger partial charge is 0.240 e. The van der Waals surface area contributed by atoms with E-state index in [1.807, 2.05) is 30.3 Å². The fourth-order valence-corrected chi connectivity index (χ4v) is 4.06. The molecule has 2 aromatic carbocycles. The summed E-state index contributed by atoms with van der Waals surface area (Å²) in [4.78, 5) is 0.200. The van der Waals surface area contributed by atoms with Gasteiger partial charge in [-0.3, -0.25) is 0 Å². The minimum atomic E-state index is -3.57. The number of para-hydroxylation sites is 1. The highest BCUT2D eigenvalue weighted by molar-refractivity contribution is 7.89. The van der Waals surface area contributed by atoms with Gasteiger partial charge in [-0.25, -0.2) is 13.1 Å². The van der Waals surface area contributed by atoms with Crippen molar-refractivity contribution in [2.75, 3.05) is 0 Å². The number of hydrogen-bond donors (Lipinski definition) is 2. The molecule has 1 aliphatic carbocycles. The van der Waals surface area contributed by atoms with Crippen molar-refractivity contribution in [1.29, 1.82) is 0 Å². The normalized spacial score (nSPS) is 21.3. The maximum absolute atomic E-state index is 12.5. The van der Waals surface area contributed by atoms with Gasteiger partial charge in [-0.15, -0.1) is 0 Å². The molecule has 2 aromatic rings. The highest BCUT2D eigenvalue weighted by Crippen LogP contribution is 2.25. The van der Waals surface area contributed by atoms with E-state index in [4.69, 9.17) is 10.5 Å². The van der Waals surface area contributed by atoms with Crippen LogP contribution in [-0.2, 0) is 10.0 Å². The summed E-state index contributed by atoms with van der Waals surface area (Å²) in [5, 5.41) is 0. The fourth-order valence-electron chi connectivity index (χ4n) is 2.74. The van der Waals surface area contributed by atoms with Gasteiger partial charge in [-0.05, 0) is 43.5 Å². The molecule has 0 radical (unpaired) electrons. The van der Waals surface area contributed by atoms with E-state index in [0.29, 0.717) is 17.9 Å². The van der Waals surface area contributed by atoms with Crippen molar-refractivity contribution in [3.8, 4) is 11.5 Å². The standard InChI is InChI=1S/C17H20N2O3S/c18-13-9-10-14(11-13)19-23(20,21)17-8-4-7-16(12-17)22-15-5-2-1-3-6-15/h1-8,12-14,19H,9-11,18H2/t13-,14-/m0/s1. The summed E-state index contributed by atoms with van der Waals surface area (Å²) >= 11 is 0. The molecule has 1 fully saturated rings. The van der Waals surface area contributed by atoms with Gasteiger partial charge in [0.15, 0.2) is 0 Å². The molecule has 0 aliphatic heterocycles. The van der Waals surface area contributed by atoms with Crippen molar-refractivity contribution < 1.29 is 13.2 Å². The van der Waals surface area contributed by atoms with Crippen molar-refractivity contribution in [3.63, 3.8) is 0 Å². The van der Waals surface area contributed by atoms with Gasteiger partial charge in [-0.2, -0.15) is 0 Å². The first kappa shape index (κ1) is 16.0. The van der Waals surface area contributed by atoms with Gasteiger partial charge >= 0.3 is 0 Å². The summed E-state index contributed by atoms with van der Waals surface area (Å²) < 4.78 is 33.4. The average molecular weight is 332 g/mol. The van der Waals surface area contributed by atoms with Crippen LogP contribution in [0, 0.1) is 0 Å². The Labute approximate surface area is 136 Å². The molecule has 0 aromatic heterocycles. The second kappa shape index (κ2) is 6.70. The first-order valence-electron chi connectivity index (χ1n) is 7.64. The van der Waals surface area contributed by atoms with E-state index in [1.54, 1.807) is 18.2 Å². The number of nitrogens with two attached hydrogens (primary N) is 1. The second-order valence-corrected chi connectivity index (χ2v) is 7.50. The van der Waals surface area contributed by atoms with Crippen LogP contribution in [-0.4, -0.2) is 20.5 Å². The van der Waals surface area contributed by atoms with Gasteiger partial charge in [0.1, 0.15) is 11.5 Å². The molecule has 122 valence electrons. The lowest BCUT2D eigenvalue weighted by atomic mass is 10.2. The molecule has 0 amide bonds. The molecule has 0 unspecified atom stereocenters. The Bertz CT molecular complexity index is 762. The highest BCUT2D eigenvalue weighted by atomic mass is 32.2. The van der Waals surface area contributed by atoms with Crippen molar-refractivity contribution >= 4 is 10.0 Å². The molecular weight excluding hydrogens is 312 g/mol. The van der Waals surface area contributed by atoms with E-state index in [1.165, 1.54) is 6.07 Å². The van der Waals surface area contributed by atoms with Crippen molar-refractivity contribution in [2.45, 2.75) is 36.2 Å². The molecule has 3 N–H and O–H groups in total. The number of rotatable bonds is 5. The van der Waals surface area contributed by atoms with Gasteiger partial charge in [0.2, 0.25) is 10.0 Å². The van der Waals surface area contributed by atoms with Gasteiger partial charge in [0.05, 0.1) is 4.90 Å². The largest absolute Gasteiger partial charge is 0.457 e. The van der Waals surface area contributed by atoms with Gasteiger partial charge < -0.3 is 10.5 Å². The molecule has 0 saturated heterocycles. The Balaban J connectivity index is 1.76. The first-order chi connectivity index (χ1) is 11.0. The lowest BCUT2D eigenvalue weighted by molar-refractivity contribution is 0.480. The topological polar surface area (TPSA) is 81.4 Å². The summed E-state index contributed by atoms with van der Waals surface area (Å²) in [7, 11) is -3.57.